The molecule has 8 heteroatoms. The Hall–Kier alpha value is -1.67. The fraction of sp³-hybridized carbons (Fsp3) is 0.833. The third-order valence-electron chi connectivity index (χ3n) is 4.66. The fourth-order valence-electron chi connectivity index (χ4n) is 2.83. The van der Waals surface area contributed by atoms with Crippen molar-refractivity contribution in [2.45, 2.75) is 52.6 Å². The maximum atomic E-state index is 5.39. The molecule has 8 nitrogen and oxygen atoms in total. The first-order valence-corrected chi connectivity index (χ1v) is 9.94. The maximum absolute atomic E-state index is 5.39. The van der Waals surface area contributed by atoms with Crippen LogP contribution in [0.25, 0.3) is 0 Å². The van der Waals surface area contributed by atoms with Gasteiger partial charge in [-0.2, -0.15) is 0 Å². The quantitative estimate of drug-likeness (QED) is 0.364. The number of nitrogens with zero attached hydrogens (tertiary/aromatic N) is 5. The van der Waals surface area contributed by atoms with Crippen molar-refractivity contribution in [1.29, 1.82) is 0 Å². The molecule has 0 aliphatic carbocycles. The maximum Gasteiger partial charge on any atom is 0.191 e. The normalized spacial score (nSPS) is 17.3. The van der Waals surface area contributed by atoms with Gasteiger partial charge in [-0.3, -0.25) is 9.89 Å². The molecule has 2 rings (SSSR count). The van der Waals surface area contributed by atoms with Crippen LogP contribution in [0, 0.1) is 0 Å². The lowest BCUT2D eigenvalue weighted by Gasteiger charge is -2.26. The minimum atomic E-state index is 0.404. The zero-order chi connectivity index (χ0) is 18.6. The molecule has 148 valence electrons. The van der Waals surface area contributed by atoms with Crippen LogP contribution in [-0.2, 0) is 17.7 Å². The van der Waals surface area contributed by atoms with Crippen molar-refractivity contribution in [2.24, 2.45) is 4.99 Å². The SMILES string of the molecule is CCc1nncn1CCNC(=NCCCN1CCOCC1)NC(C)CC. The monoisotopic (exact) mass is 365 g/mol. The molecule has 0 amide bonds. The number of guanidine groups is 1. The van der Waals surface area contributed by atoms with Crippen molar-refractivity contribution in [3.8, 4) is 0 Å². The molecule has 1 saturated heterocycles. The number of morpholine rings is 1. The molecule has 1 aliphatic rings. The summed E-state index contributed by atoms with van der Waals surface area (Å²) in [6.07, 6.45) is 4.83. The minimum Gasteiger partial charge on any atom is -0.379 e. The van der Waals surface area contributed by atoms with Crippen molar-refractivity contribution in [2.75, 3.05) is 45.9 Å². The van der Waals surface area contributed by atoms with Crippen LogP contribution in [0.3, 0.4) is 0 Å². The van der Waals surface area contributed by atoms with E-state index in [-0.39, 0.29) is 0 Å². The highest BCUT2D eigenvalue weighted by Gasteiger charge is 2.09. The Kier molecular flexibility index (Phi) is 9.41. The van der Waals surface area contributed by atoms with Crippen molar-refractivity contribution in [3.63, 3.8) is 0 Å². The summed E-state index contributed by atoms with van der Waals surface area (Å²) in [5.41, 5.74) is 0. The third kappa shape index (κ3) is 7.29. The van der Waals surface area contributed by atoms with E-state index in [0.717, 1.165) is 83.5 Å². The van der Waals surface area contributed by atoms with Gasteiger partial charge in [-0.15, -0.1) is 10.2 Å². The molecule has 1 atom stereocenters. The van der Waals surface area contributed by atoms with Crippen LogP contribution in [0.15, 0.2) is 11.3 Å². The number of aliphatic imine (C=N–C) groups is 1. The van der Waals surface area contributed by atoms with Gasteiger partial charge in [0.2, 0.25) is 0 Å². The molecule has 2 heterocycles. The molecule has 0 radical (unpaired) electrons. The smallest absolute Gasteiger partial charge is 0.191 e. The molecule has 1 aromatic rings. The van der Waals surface area contributed by atoms with E-state index in [1.165, 1.54) is 0 Å². The second kappa shape index (κ2) is 11.9. The fourth-order valence-corrected chi connectivity index (χ4v) is 2.83. The molecule has 0 aromatic carbocycles. The predicted molar refractivity (Wildman–Crippen MR) is 104 cm³/mol. The lowest BCUT2D eigenvalue weighted by molar-refractivity contribution is 0.0377. The molecule has 0 bridgehead atoms. The summed E-state index contributed by atoms with van der Waals surface area (Å²) in [6.45, 7) is 13.8. The van der Waals surface area contributed by atoms with Crippen LogP contribution >= 0.6 is 0 Å². The van der Waals surface area contributed by atoms with E-state index in [2.05, 4.69) is 51.1 Å². The molecule has 1 aromatic heterocycles. The van der Waals surface area contributed by atoms with Crippen molar-refractivity contribution < 1.29 is 4.74 Å². The predicted octanol–water partition coefficient (Wildman–Crippen LogP) is 0.897. The molecular formula is C18H35N7O. The van der Waals surface area contributed by atoms with Crippen LogP contribution in [0.2, 0.25) is 0 Å². The van der Waals surface area contributed by atoms with E-state index in [0.29, 0.717) is 6.04 Å². The van der Waals surface area contributed by atoms with Gasteiger partial charge in [0, 0.05) is 51.7 Å². The number of rotatable bonds is 10. The summed E-state index contributed by atoms with van der Waals surface area (Å²) in [4.78, 5) is 7.20. The molecule has 1 unspecified atom stereocenters. The lowest BCUT2D eigenvalue weighted by Crippen LogP contribution is -2.43. The summed E-state index contributed by atoms with van der Waals surface area (Å²) in [6, 6.07) is 0.404. The summed E-state index contributed by atoms with van der Waals surface area (Å²) in [7, 11) is 0. The summed E-state index contributed by atoms with van der Waals surface area (Å²) >= 11 is 0. The van der Waals surface area contributed by atoms with E-state index in [4.69, 9.17) is 9.73 Å². The standard InChI is InChI=1S/C18H35N7O/c1-4-16(3)22-18(19-7-6-9-24-11-13-26-14-12-24)20-8-10-25-15-21-23-17(25)5-2/h15-16H,4-14H2,1-3H3,(H2,19,20,22). The first-order chi connectivity index (χ1) is 12.7. The summed E-state index contributed by atoms with van der Waals surface area (Å²) in [5, 5.41) is 15.0. The average molecular weight is 366 g/mol. The van der Waals surface area contributed by atoms with Crippen LogP contribution in [-0.4, -0.2) is 77.6 Å². The van der Waals surface area contributed by atoms with Gasteiger partial charge in [0.25, 0.3) is 0 Å². The van der Waals surface area contributed by atoms with Gasteiger partial charge in [-0.05, 0) is 19.8 Å². The number of nitrogens with one attached hydrogen (secondary N) is 2. The zero-order valence-corrected chi connectivity index (χ0v) is 16.6. The number of hydrogen-bond donors (Lipinski definition) is 2. The molecule has 1 fully saturated rings. The van der Waals surface area contributed by atoms with Crippen molar-refractivity contribution in [3.05, 3.63) is 12.2 Å². The molecule has 2 N–H and O–H groups in total. The van der Waals surface area contributed by atoms with Gasteiger partial charge in [0.15, 0.2) is 5.96 Å². The largest absolute Gasteiger partial charge is 0.379 e. The number of aromatic nitrogens is 3. The van der Waals surface area contributed by atoms with Crippen LogP contribution in [0.4, 0.5) is 0 Å². The van der Waals surface area contributed by atoms with Crippen molar-refractivity contribution in [1.82, 2.24) is 30.3 Å². The van der Waals surface area contributed by atoms with E-state index in [9.17, 15) is 0 Å². The molecule has 26 heavy (non-hydrogen) atoms. The number of hydrogen-bond acceptors (Lipinski definition) is 5. The third-order valence-corrected chi connectivity index (χ3v) is 4.66. The minimum absolute atomic E-state index is 0.404. The molecule has 0 spiro atoms. The zero-order valence-electron chi connectivity index (χ0n) is 16.6. The molecular weight excluding hydrogens is 330 g/mol. The Morgan fingerprint density at radius 2 is 2.12 bits per heavy atom. The first kappa shape index (κ1) is 20.6. The Morgan fingerprint density at radius 1 is 1.31 bits per heavy atom. The van der Waals surface area contributed by atoms with Gasteiger partial charge in [0.05, 0.1) is 13.2 Å². The summed E-state index contributed by atoms with van der Waals surface area (Å²) in [5.74, 6) is 1.91. The Bertz CT molecular complexity index is 525. The van der Waals surface area contributed by atoms with Crippen LogP contribution in [0.5, 0.6) is 0 Å². The molecule has 1 aliphatic heterocycles. The highest BCUT2D eigenvalue weighted by atomic mass is 16.5. The van der Waals surface area contributed by atoms with E-state index < -0.39 is 0 Å². The van der Waals surface area contributed by atoms with Gasteiger partial charge in [-0.1, -0.05) is 13.8 Å². The Balaban J connectivity index is 1.76. The topological polar surface area (TPSA) is 79.6 Å². The van der Waals surface area contributed by atoms with Crippen LogP contribution in [0.1, 0.15) is 39.4 Å². The number of ether oxygens (including phenoxy) is 1. The second-order valence-corrected chi connectivity index (χ2v) is 6.71. The van der Waals surface area contributed by atoms with Crippen molar-refractivity contribution >= 4 is 5.96 Å². The Labute approximate surface area is 157 Å². The first-order valence-electron chi connectivity index (χ1n) is 9.94. The molecule has 0 saturated carbocycles. The van der Waals surface area contributed by atoms with Gasteiger partial charge < -0.3 is 19.9 Å². The van der Waals surface area contributed by atoms with E-state index in [1.807, 2.05) is 0 Å². The summed E-state index contributed by atoms with van der Waals surface area (Å²) < 4.78 is 7.48. The van der Waals surface area contributed by atoms with E-state index >= 15 is 0 Å². The average Bonchev–Trinajstić information content (AvgIpc) is 3.13. The highest BCUT2D eigenvalue weighted by Crippen LogP contribution is 1.98. The van der Waals surface area contributed by atoms with Crippen LogP contribution < -0.4 is 10.6 Å². The second-order valence-electron chi connectivity index (χ2n) is 6.71. The Morgan fingerprint density at radius 3 is 2.85 bits per heavy atom. The highest BCUT2D eigenvalue weighted by molar-refractivity contribution is 5.80. The lowest BCUT2D eigenvalue weighted by atomic mass is 10.3. The van der Waals surface area contributed by atoms with Gasteiger partial charge >= 0.3 is 0 Å². The van der Waals surface area contributed by atoms with E-state index in [1.54, 1.807) is 6.33 Å². The van der Waals surface area contributed by atoms with Gasteiger partial charge in [0.1, 0.15) is 12.2 Å². The number of aryl methyl sites for hydroxylation is 1. The van der Waals surface area contributed by atoms with Gasteiger partial charge in [-0.25, -0.2) is 0 Å².